The highest BCUT2D eigenvalue weighted by atomic mass is 35.5. The standard InChI is InChI=1S/C17H11ClF4N2O2S/c1-27(25,26)15-7-2-10(8-13(15)19)14-9-16(17(20,21)22)23-24(14)12-5-3-11(18)4-6-12/h2-9H,1H3. The molecule has 3 aromatic rings. The molecule has 4 nitrogen and oxygen atoms in total. The number of hydrogen-bond acceptors (Lipinski definition) is 3. The van der Waals surface area contributed by atoms with Gasteiger partial charge >= 0.3 is 6.18 Å². The number of aromatic nitrogens is 2. The Bertz CT molecular complexity index is 1110. The van der Waals surface area contributed by atoms with Crippen LogP contribution in [-0.4, -0.2) is 24.5 Å². The summed E-state index contributed by atoms with van der Waals surface area (Å²) >= 11 is 5.80. The predicted octanol–water partition coefficient (Wildman–Crippen LogP) is 4.75. The van der Waals surface area contributed by atoms with Gasteiger partial charge in [-0.05, 0) is 42.5 Å². The Balaban J connectivity index is 2.21. The lowest BCUT2D eigenvalue weighted by molar-refractivity contribution is -0.141. The number of sulfone groups is 1. The first-order valence-electron chi connectivity index (χ1n) is 7.40. The van der Waals surface area contributed by atoms with Crippen LogP contribution in [-0.2, 0) is 16.0 Å². The van der Waals surface area contributed by atoms with Crippen molar-refractivity contribution in [2.24, 2.45) is 0 Å². The highest BCUT2D eigenvalue weighted by Gasteiger charge is 2.35. The fourth-order valence-electron chi connectivity index (χ4n) is 2.47. The normalized spacial score (nSPS) is 12.4. The first-order chi connectivity index (χ1) is 12.5. The van der Waals surface area contributed by atoms with Crippen molar-refractivity contribution in [1.82, 2.24) is 9.78 Å². The Morgan fingerprint density at radius 3 is 2.19 bits per heavy atom. The van der Waals surface area contributed by atoms with Crippen molar-refractivity contribution < 1.29 is 26.0 Å². The number of hydrogen-bond donors (Lipinski definition) is 0. The first kappa shape index (κ1) is 19.4. The molecule has 0 aliphatic rings. The summed E-state index contributed by atoms with van der Waals surface area (Å²) in [6.45, 7) is 0. The highest BCUT2D eigenvalue weighted by Crippen LogP contribution is 2.34. The van der Waals surface area contributed by atoms with Gasteiger partial charge in [0.25, 0.3) is 0 Å². The Kier molecular flexibility index (Phi) is 4.77. The summed E-state index contributed by atoms with van der Waals surface area (Å²) < 4.78 is 77.7. The summed E-state index contributed by atoms with van der Waals surface area (Å²) in [6, 6.07) is 9.73. The van der Waals surface area contributed by atoms with Gasteiger partial charge in [-0.1, -0.05) is 17.7 Å². The van der Waals surface area contributed by atoms with Crippen LogP contribution in [0.5, 0.6) is 0 Å². The summed E-state index contributed by atoms with van der Waals surface area (Å²) in [7, 11) is -3.81. The quantitative estimate of drug-likeness (QED) is 0.576. The largest absolute Gasteiger partial charge is 0.435 e. The van der Waals surface area contributed by atoms with E-state index in [1.807, 2.05) is 0 Å². The van der Waals surface area contributed by atoms with Crippen LogP contribution in [0.2, 0.25) is 5.02 Å². The zero-order valence-electron chi connectivity index (χ0n) is 13.6. The van der Waals surface area contributed by atoms with Gasteiger partial charge in [0, 0.05) is 16.8 Å². The van der Waals surface area contributed by atoms with E-state index in [0.717, 1.165) is 29.1 Å². The fraction of sp³-hybridized carbons (Fsp3) is 0.118. The van der Waals surface area contributed by atoms with E-state index < -0.39 is 32.4 Å². The minimum absolute atomic E-state index is 0.0397. The van der Waals surface area contributed by atoms with Crippen LogP contribution in [0.15, 0.2) is 53.4 Å². The molecule has 1 aromatic heterocycles. The van der Waals surface area contributed by atoms with Crippen molar-refractivity contribution >= 4 is 21.4 Å². The van der Waals surface area contributed by atoms with Gasteiger partial charge in [0.15, 0.2) is 15.5 Å². The molecule has 0 radical (unpaired) electrons. The van der Waals surface area contributed by atoms with Crippen molar-refractivity contribution in [1.29, 1.82) is 0 Å². The molecular formula is C17H11ClF4N2O2S. The van der Waals surface area contributed by atoms with E-state index in [1.165, 1.54) is 30.3 Å². The van der Waals surface area contributed by atoms with Gasteiger partial charge in [0.1, 0.15) is 10.7 Å². The van der Waals surface area contributed by atoms with Crippen LogP contribution in [0.4, 0.5) is 17.6 Å². The molecule has 0 fully saturated rings. The van der Waals surface area contributed by atoms with Gasteiger partial charge in [-0.2, -0.15) is 18.3 Å². The minimum Gasteiger partial charge on any atom is -0.233 e. The third kappa shape index (κ3) is 3.98. The van der Waals surface area contributed by atoms with Gasteiger partial charge in [0.2, 0.25) is 0 Å². The second kappa shape index (κ2) is 6.65. The van der Waals surface area contributed by atoms with E-state index in [9.17, 15) is 26.0 Å². The average molecular weight is 419 g/mol. The van der Waals surface area contributed by atoms with Crippen molar-refractivity contribution in [2.45, 2.75) is 11.1 Å². The molecule has 0 saturated heterocycles. The Morgan fingerprint density at radius 2 is 1.67 bits per heavy atom. The van der Waals surface area contributed by atoms with Gasteiger partial charge < -0.3 is 0 Å². The molecule has 0 saturated carbocycles. The molecule has 0 amide bonds. The van der Waals surface area contributed by atoms with Crippen LogP contribution in [0.25, 0.3) is 16.9 Å². The van der Waals surface area contributed by atoms with E-state index in [-0.39, 0.29) is 16.9 Å². The summed E-state index contributed by atoms with van der Waals surface area (Å²) in [5.74, 6) is -1.06. The Labute approximate surface area is 156 Å². The van der Waals surface area contributed by atoms with Crippen LogP contribution < -0.4 is 0 Å². The van der Waals surface area contributed by atoms with Crippen LogP contribution in [0, 0.1) is 5.82 Å². The molecule has 0 N–H and O–H groups in total. The molecule has 0 aliphatic carbocycles. The maximum atomic E-state index is 14.2. The van der Waals surface area contributed by atoms with Crippen LogP contribution in [0.1, 0.15) is 5.69 Å². The smallest absolute Gasteiger partial charge is 0.233 e. The fourth-order valence-corrected chi connectivity index (χ4v) is 3.32. The van der Waals surface area contributed by atoms with Crippen molar-refractivity contribution in [2.75, 3.05) is 6.26 Å². The lowest BCUT2D eigenvalue weighted by Crippen LogP contribution is -2.07. The van der Waals surface area contributed by atoms with Crippen molar-refractivity contribution in [3.05, 3.63) is 65.1 Å². The maximum absolute atomic E-state index is 14.2. The molecule has 10 heteroatoms. The molecule has 0 spiro atoms. The highest BCUT2D eigenvalue weighted by molar-refractivity contribution is 7.90. The molecule has 1 heterocycles. The molecule has 0 atom stereocenters. The number of benzene rings is 2. The summed E-state index contributed by atoms with van der Waals surface area (Å²) in [5.41, 5.74) is -0.904. The summed E-state index contributed by atoms with van der Waals surface area (Å²) in [6.07, 6.45) is -3.87. The third-order valence-corrected chi connectivity index (χ3v) is 5.08. The minimum atomic E-state index is -4.71. The topological polar surface area (TPSA) is 52.0 Å². The van der Waals surface area contributed by atoms with Crippen molar-refractivity contribution in [3.8, 4) is 16.9 Å². The molecule has 0 unspecified atom stereocenters. The number of nitrogens with zero attached hydrogens (tertiary/aromatic N) is 2. The summed E-state index contributed by atoms with van der Waals surface area (Å²) in [5, 5.41) is 3.95. The average Bonchev–Trinajstić information content (AvgIpc) is 2.99. The second-order valence-corrected chi connectivity index (χ2v) is 8.14. The number of halogens is 5. The van der Waals surface area contributed by atoms with Gasteiger partial charge in [-0.25, -0.2) is 17.5 Å². The Hall–Kier alpha value is -2.39. The van der Waals surface area contributed by atoms with E-state index >= 15 is 0 Å². The third-order valence-electron chi connectivity index (χ3n) is 3.70. The molecular weight excluding hydrogens is 408 g/mol. The summed E-state index contributed by atoms with van der Waals surface area (Å²) in [4.78, 5) is -0.542. The molecule has 27 heavy (non-hydrogen) atoms. The van der Waals surface area contributed by atoms with E-state index in [0.29, 0.717) is 5.02 Å². The predicted molar refractivity (Wildman–Crippen MR) is 92.1 cm³/mol. The van der Waals surface area contributed by atoms with E-state index in [2.05, 4.69) is 5.10 Å². The van der Waals surface area contributed by atoms with Crippen molar-refractivity contribution in [3.63, 3.8) is 0 Å². The van der Waals surface area contributed by atoms with Gasteiger partial charge in [-0.15, -0.1) is 0 Å². The zero-order chi connectivity index (χ0) is 20.0. The lowest BCUT2D eigenvalue weighted by Gasteiger charge is -2.09. The number of alkyl halides is 3. The Morgan fingerprint density at radius 1 is 1.04 bits per heavy atom. The molecule has 0 bridgehead atoms. The molecule has 2 aromatic carbocycles. The molecule has 142 valence electrons. The monoisotopic (exact) mass is 418 g/mol. The number of rotatable bonds is 3. The van der Waals surface area contributed by atoms with E-state index in [1.54, 1.807) is 0 Å². The van der Waals surface area contributed by atoms with Crippen LogP contribution >= 0.6 is 11.6 Å². The molecule has 3 rings (SSSR count). The zero-order valence-corrected chi connectivity index (χ0v) is 15.2. The SMILES string of the molecule is CS(=O)(=O)c1ccc(-c2cc(C(F)(F)F)nn2-c2ccc(Cl)cc2)cc1F. The van der Waals surface area contributed by atoms with E-state index in [4.69, 9.17) is 11.6 Å². The first-order valence-corrected chi connectivity index (χ1v) is 9.67. The van der Waals surface area contributed by atoms with Gasteiger partial charge in [0.05, 0.1) is 11.4 Å². The lowest BCUT2D eigenvalue weighted by atomic mass is 10.1. The second-order valence-electron chi connectivity index (χ2n) is 5.72. The maximum Gasteiger partial charge on any atom is 0.435 e. The van der Waals surface area contributed by atoms with Gasteiger partial charge in [-0.3, -0.25) is 0 Å². The van der Waals surface area contributed by atoms with Crippen LogP contribution in [0.3, 0.4) is 0 Å². The molecule has 0 aliphatic heterocycles.